The molecule has 7 heteroatoms. The Morgan fingerprint density at radius 1 is 1.30 bits per heavy atom. The number of aromatic nitrogens is 1. The standard InChI is InChI=1S/C23H25ClFN3O2/c1-2-30-13-3-11-26-23(29)28-12-10-18-19-14-16(24)6-9-20(19)27-21(18)22(28)15-4-7-17(25)8-5-15/h4-9,14,22,27H,2-3,10-13H2,1H3,(H,26,29). The highest BCUT2D eigenvalue weighted by atomic mass is 35.5. The van der Waals surface area contributed by atoms with Crippen LogP contribution in [0.1, 0.15) is 36.2 Å². The summed E-state index contributed by atoms with van der Waals surface area (Å²) in [4.78, 5) is 18.3. The van der Waals surface area contributed by atoms with E-state index in [1.807, 2.05) is 30.0 Å². The van der Waals surface area contributed by atoms with Gasteiger partial charge in [0.05, 0.1) is 6.04 Å². The third-order valence-corrected chi connectivity index (χ3v) is 5.72. The summed E-state index contributed by atoms with van der Waals surface area (Å²) in [7, 11) is 0. The van der Waals surface area contributed by atoms with Crippen LogP contribution >= 0.6 is 11.6 Å². The first kappa shape index (κ1) is 20.7. The predicted octanol–water partition coefficient (Wildman–Crippen LogP) is 5.04. The molecule has 0 saturated heterocycles. The molecule has 1 unspecified atom stereocenters. The monoisotopic (exact) mass is 429 g/mol. The SMILES string of the molecule is CCOCCCNC(=O)N1CCc2c([nH]c3ccc(Cl)cc23)C1c1ccc(F)cc1. The van der Waals surface area contributed by atoms with Crippen molar-refractivity contribution in [3.05, 3.63) is 70.1 Å². The second-order valence-electron chi connectivity index (χ2n) is 7.39. The second-order valence-corrected chi connectivity index (χ2v) is 7.82. The molecule has 4 rings (SSSR count). The molecule has 1 atom stereocenters. The molecule has 2 aromatic carbocycles. The molecule has 3 aromatic rings. The lowest BCUT2D eigenvalue weighted by atomic mass is 9.92. The van der Waals surface area contributed by atoms with Crippen molar-refractivity contribution in [2.45, 2.75) is 25.8 Å². The van der Waals surface area contributed by atoms with E-state index in [0.717, 1.165) is 40.6 Å². The van der Waals surface area contributed by atoms with Crippen LogP contribution in [0.25, 0.3) is 10.9 Å². The highest BCUT2D eigenvalue weighted by Gasteiger charge is 2.34. The largest absolute Gasteiger partial charge is 0.382 e. The summed E-state index contributed by atoms with van der Waals surface area (Å²) in [5.74, 6) is -0.301. The highest BCUT2D eigenvalue weighted by molar-refractivity contribution is 6.31. The van der Waals surface area contributed by atoms with Crippen LogP contribution in [0.2, 0.25) is 5.02 Å². The van der Waals surface area contributed by atoms with E-state index in [9.17, 15) is 9.18 Å². The number of rotatable bonds is 6. The number of nitrogens with one attached hydrogen (secondary N) is 2. The zero-order valence-corrected chi connectivity index (χ0v) is 17.6. The van der Waals surface area contributed by atoms with Crippen molar-refractivity contribution in [3.63, 3.8) is 0 Å². The molecule has 0 aliphatic carbocycles. The molecule has 1 aliphatic heterocycles. The molecule has 1 aliphatic rings. The van der Waals surface area contributed by atoms with Crippen LogP contribution < -0.4 is 5.32 Å². The Balaban J connectivity index is 1.66. The molecule has 0 radical (unpaired) electrons. The van der Waals surface area contributed by atoms with Crippen molar-refractivity contribution in [2.75, 3.05) is 26.3 Å². The van der Waals surface area contributed by atoms with Gasteiger partial charge in [0, 0.05) is 47.9 Å². The Labute approximate surface area is 180 Å². The first-order chi connectivity index (χ1) is 14.6. The van der Waals surface area contributed by atoms with Crippen molar-refractivity contribution < 1.29 is 13.9 Å². The number of halogens is 2. The van der Waals surface area contributed by atoms with E-state index in [4.69, 9.17) is 16.3 Å². The third-order valence-electron chi connectivity index (χ3n) is 5.48. The van der Waals surface area contributed by atoms with Gasteiger partial charge in [0.2, 0.25) is 0 Å². The summed E-state index contributed by atoms with van der Waals surface area (Å²) >= 11 is 6.22. The predicted molar refractivity (Wildman–Crippen MR) is 116 cm³/mol. The van der Waals surface area contributed by atoms with Crippen LogP contribution in [-0.2, 0) is 11.2 Å². The minimum atomic E-state index is -0.326. The second kappa shape index (κ2) is 9.06. The van der Waals surface area contributed by atoms with Gasteiger partial charge in [-0.2, -0.15) is 0 Å². The van der Waals surface area contributed by atoms with E-state index in [1.54, 1.807) is 12.1 Å². The number of H-pyrrole nitrogens is 1. The minimum Gasteiger partial charge on any atom is -0.382 e. The number of carbonyl (C=O) groups is 1. The van der Waals surface area contributed by atoms with Crippen molar-refractivity contribution in [3.8, 4) is 0 Å². The van der Waals surface area contributed by atoms with Crippen molar-refractivity contribution in [1.82, 2.24) is 15.2 Å². The number of urea groups is 1. The maximum atomic E-state index is 13.6. The number of ether oxygens (including phenoxy) is 1. The average Bonchev–Trinajstić information content (AvgIpc) is 3.11. The van der Waals surface area contributed by atoms with E-state index in [-0.39, 0.29) is 17.9 Å². The van der Waals surface area contributed by atoms with Crippen LogP contribution in [-0.4, -0.2) is 42.2 Å². The summed E-state index contributed by atoms with van der Waals surface area (Å²) in [5.41, 5.74) is 3.95. The Bertz CT molecular complexity index is 1030. The summed E-state index contributed by atoms with van der Waals surface area (Å²) < 4.78 is 18.9. The van der Waals surface area contributed by atoms with E-state index >= 15 is 0 Å². The van der Waals surface area contributed by atoms with Crippen molar-refractivity contribution in [1.29, 1.82) is 0 Å². The molecule has 2 amide bonds. The van der Waals surface area contributed by atoms with Gasteiger partial charge in [0.1, 0.15) is 5.82 Å². The van der Waals surface area contributed by atoms with Gasteiger partial charge in [0.15, 0.2) is 0 Å². The maximum absolute atomic E-state index is 13.6. The first-order valence-corrected chi connectivity index (χ1v) is 10.6. The Hall–Kier alpha value is -2.57. The van der Waals surface area contributed by atoms with Gasteiger partial charge < -0.3 is 19.9 Å². The number of carbonyl (C=O) groups excluding carboxylic acids is 1. The molecule has 0 fully saturated rings. The van der Waals surface area contributed by atoms with E-state index in [0.29, 0.717) is 31.3 Å². The molecular weight excluding hydrogens is 405 g/mol. The molecule has 30 heavy (non-hydrogen) atoms. The van der Waals surface area contributed by atoms with Crippen LogP contribution in [0.5, 0.6) is 0 Å². The molecule has 0 spiro atoms. The van der Waals surface area contributed by atoms with Gasteiger partial charge in [-0.15, -0.1) is 0 Å². The van der Waals surface area contributed by atoms with Gasteiger partial charge in [-0.05, 0) is 61.2 Å². The van der Waals surface area contributed by atoms with Gasteiger partial charge in [0.25, 0.3) is 0 Å². The molecule has 5 nitrogen and oxygen atoms in total. The number of aromatic amines is 1. The molecule has 0 saturated carbocycles. The van der Waals surface area contributed by atoms with E-state index in [1.165, 1.54) is 12.1 Å². The van der Waals surface area contributed by atoms with Crippen LogP contribution in [0.4, 0.5) is 9.18 Å². The Morgan fingerprint density at radius 3 is 2.87 bits per heavy atom. The number of hydrogen-bond donors (Lipinski definition) is 2. The summed E-state index contributed by atoms with van der Waals surface area (Å²) in [5, 5.41) is 4.74. The maximum Gasteiger partial charge on any atom is 0.318 e. The number of amides is 2. The molecule has 2 heterocycles. The fraction of sp³-hybridized carbons (Fsp3) is 0.348. The zero-order chi connectivity index (χ0) is 21.1. The van der Waals surface area contributed by atoms with Crippen molar-refractivity contribution in [2.24, 2.45) is 0 Å². The van der Waals surface area contributed by atoms with E-state index in [2.05, 4.69) is 10.3 Å². The molecule has 1 aromatic heterocycles. The topological polar surface area (TPSA) is 57.4 Å². The lowest BCUT2D eigenvalue weighted by molar-refractivity contribution is 0.143. The fourth-order valence-corrected chi connectivity index (χ4v) is 4.26. The summed E-state index contributed by atoms with van der Waals surface area (Å²) in [6.45, 7) is 4.34. The number of nitrogens with zero attached hydrogens (tertiary/aromatic N) is 1. The normalized spacial score (nSPS) is 16.0. The van der Waals surface area contributed by atoms with Crippen molar-refractivity contribution >= 4 is 28.5 Å². The van der Waals surface area contributed by atoms with Gasteiger partial charge in [-0.25, -0.2) is 9.18 Å². The zero-order valence-electron chi connectivity index (χ0n) is 16.9. The number of fused-ring (bicyclic) bond motifs is 3. The van der Waals surface area contributed by atoms with Crippen LogP contribution in [0, 0.1) is 5.82 Å². The summed E-state index contributed by atoms with van der Waals surface area (Å²) in [6, 6.07) is 11.6. The van der Waals surface area contributed by atoms with Gasteiger partial charge in [-0.3, -0.25) is 0 Å². The Morgan fingerprint density at radius 2 is 2.10 bits per heavy atom. The molecule has 158 valence electrons. The average molecular weight is 430 g/mol. The number of hydrogen-bond acceptors (Lipinski definition) is 2. The number of benzene rings is 2. The van der Waals surface area contributed by atoms with Gasteiger partial charge >= 0.3 is 6.03 Å². The first-order valence-electron chi connectivity index (χ1n) is 10.3. The lowest BCUT2D eigenvalue weighted by Crippen LogP contribution is -2.46. The smallest absolute Gasteiger partial charge is 0.318 e. The third kappa shape index (κ3) is 4.16. The molecule has 2 N–H and O–H groups in total. The minimum absolute atomic E-state index is 0.136. The van der Waals surface area contributed by atoms with Crippen LogP contribution in [0.15, 0.2) is 42.5 Å². The highest BCUT2D eigenvalue weighted by Crippen LogP contribution is 2.39. The fourth-order valence-electron chi connectivity index (χ4n) is 4.09. The Kier molecular flexibility index (Phi) is 6.25. The quantitative estimate of drug-likeness (QED) is 0.539. The lowest BCUT2D eigenvalue weighted by Gasteiger charge is -2.36. The summed E-state index contributed by atoms with van der Waals surface area (Å²) in [6.07, 6.45) is 1.48. The van der Waals surface area contributed by atoms with Crippen LogP contribution in [0.3, 0.4) is 0 Å². The molecular formula is C23H25ClFN3O2. The van der Waals surface area contributed by atoms with E-state index < -0.39 is 0 Å². The van der Waals surface area contributed by atoms with Gasteiger partial charge in [-0.1, -0.05) is 23.7 Å². The molecule has 0 bridgehead atoms.